The number of rotatable bonds is 11. The summed E-state index contributed by atoms with van der Waals surface area (Å²) in [5.74, 6) is 0. The Morgan fingerprint density at radius 1 is 0.800 bits per heavy atom. The van der Waals surface area contributed by atoms with Crippen molar-refractivity contribution in [2.24, 2.45) is 5.11 Å². The van der Waals surface area contributed by atoms with E-state index in [1.807, 2.05) is 78.9 Å². The van der Waals surface area contributed by atoms with E-state index in [0.717, 1.165) is 11.1 Å². The van der Waals surface area contributed by atoms with Gasteiger partial charge in [-0.1, -0.05) is 96.1 Å². The van der Waals surface area contributed by atoms with Crippen LogP contribution in [0.15, 0.2) is 96.1 Å². The highest BCUT2D eigenvalue weighted by molar-refractivity contribution is 7.48. The Labute approximate surface area is 175 Å². The third kappa shape index (κ3) is 6.85. The first-order valence-corrected chi connectivity index (χ1v) is 10.9. The summed E-state index contributed by atoms with van der Waals surface area (Å²) in [6, 6.07) is 27.8. The Hall–Kier alpha value is -2.92. The van der Waals surface area contributed by atoms with Crippen LogP contribution in [0, 0.1) is 0 Å². The standard InChI is InChI=1S/C22H22N3O4P/c23-25-24-16-22(21-14-8-3-9-15-21)29-30(26,27-17-19-10-4-1-5-11-19)28-18-20-12-6-2-7-13-20/h1-15,22H,16-18H2. The molecule has 0 radical (unpaired) electrons. The molecule has 0 heterocycles. The molecule has 3 rings (SSSR count). The first-order valence-electron chi connectivity index (χ1n) is 9.40. The highest BCUT2D eigenvalue weighted by Gasteiger charge is 2.32. The summed E-state index contributed by atoms with van der Waals surface area (Å²) in [7, 11) is -4.00. The van der Waals surface area contributed by atoms with E-state index in [1.165, 1.54) is 0 Å². The summed E-state index contributed by atoms with van der Waals surface area (Å²) in [4.78, 5) is 2.79. The summed E-state index contributed by atoms with van der Waals surface area (Å²) in [6.45, 7) is 0.0553. The maximum atomic E-state index is 13.5. The fourth-order valence-electron chi connectivity index (χ4n) is 2.69. The Kier molecular flexibility index (Phi) is 8.21. The summed E-state index contributed by atoms with van der Waals surface area (Å²) in [6.07, 6.45) is -0.778. The fourth-order valence-corrected chi connectivity index (χ4v) is 4.00. The minimum absolute atomic E-state index is 0.0477. The molecule has 0 spiro atoms. The van der Waals surface area contributed by atoms with E-state index >= 15 is 0 Å². The van der Waals surface area contributed by atoms with Crippen LogP contribution < -0.4 is 0 Å². The third-order valence-corrected chi connectivity index (χ3v) is 5.61. The topological polar surface area (TPSA) is 93.5 Å². The average Bonchev–Trinajstić information content (AvgIpc) is 2.81. The van der Waals surface area contributed by atoms with Crippen molar-refractivity contribution in [2.75, 3.05) is 6.54 Å². The Bertz CT molecular complexity index is 949. The maximum absolute atomic E-state index is 13.5. The van der Waals surface area contributed by atoms with Crippen molar-refractivity contribution in [3.63, 3.8) is 0 Å². The highest BCUT2D eigenvalue weighted by Crippen LogP contribution is 2.54. The molecule has 30 heavy (non-hydrogen) atoms. The van der Waals surface area contributed by atoms with Gasteiger partial charge in [0.2, 0.25) is 0 Å². The number of nitrogens with zero attached hydrogens (tertiary/aromatic N) is 3. The summed E-state index contributed by atoms with van der Waals surface area (Å²) in [5, 5.41) is 3.59. The molecule has 0 fully saturated rings. The van der Waals surface area contributed by atoms with E-state index in [0.29, 0.717) is 5.56 Å². The van der Waals surface area contributed by atoms with Crippen molar-refractivity contribution in [2.45, 2.75) is 19.3 Å². The minimum Gasteiger partial charge on any atom is -0.282 e. The van der Waals surface area contributed by atoms with Crippen molar-refractivity contribution in [3.05, 3.63) is 118 Å². The van der Waals surface area contributed by atoms with Gasteiger partial charge in [-0.15, -0.1) is 0 Å². The zero-order valence-electron chi connectivity index (χ0n) is 16.3. The van der Waals surface area contributed by atoms with Crippen LogP contribution >= 0.6 is 7.82 Å². The number of phosphoric acid groups is 1. The number of phosphoric ester groups is 1. The molecule has 8 heteroatoms. The zero-order chi connectivity index (χ0) is 21.1. The van der Waals surface area contributed by atoms with Crippen LogP contribution in [0.3, 0.4) is 0 Å². The van der Waals surface area contributed by atoms with Gasteiger partial charge in [0, 0.05) is 4.91 Å². The van der Waals surface area contributed by atoms with Gasteiger partial charge in [0.1, 0.15) is 6.10 Å². The molecule has 154 valence electrons. The predicted octanol–water partition coefficient (Wildman–Crippen LogP) is 6.60. The molecule has 0 saturated carbocycles. The van der Waals surface area contributed by atoms with Gasteiger partial charge < -0.3 is 0 Å². The van der Waals surface area contributed by atoms with Gasteiger partial charge >= 0.3 is 7.82 Å². The van der Waals surface area contributed by atoms with E-state index in [2.05, 4.69) is 10.0 Å². The van der Waals surface area contributed by atoms with Crippen LogP contribution in [0.25, 0.3) is 10.4 Å². The summed E-state index contributed by atoms with van der Waals surface area (Å²) in [5.41, 5.74) is 11.1. The number of benzene rings is 3. The Morgan fingerprint density at radius 3 is 1.73 bits per heavy atom. The number of hydrogen-bond acceptors (Lipinski definition) is 5. The van der Waals surface area contributed by atoms with Crippen LogP contribution in [-0.4, -0.2) is 6.54 Å². The number of hydrogen-bond donors (Lipinski definition) is 0. The monoisotopic (exact) mass is 423 g/mol. The molecule has 3 aromatic carbocycles. The minimum atomic E-state index is -4.00. The second-order valence-electron chi connectivity index (χ2n) is 6.38. The fraction of sp³-hybridized carbons (Fsp3) is 0.182. The average molecular weight is 423 g/mol. The molecule has 7 nitrogen and oxygen atoms in total. The second-order valence-corrected chi connectivity index (χ2v) is 8.01. The molecule has 0 N–H and O–H groups in total. The van der Waals surface area contributed by atoms with E-state index < -0.39 is 13.9 Å². The van der Waals surface area contributed by atoms with Gasteiger partial charge in [-0.25, -0.2) is 4.57 Å². The molecule has 1 atom stereocenters. The molecule has 3 aromatic rings. The van der Waals surface area contributed by atoms with Gasteiger partial charge in [0.05, 0.1) is 19.8 Å². The van der Waals surface area contributed by atoms with Gasteiger partial charge in [0.15, 0.2) is 0 Å². The molecule has 0 amide bonds. The summed E-state index contributed by atoms with van der Waals surface area (Å²) < 4.78 is 30.6. The van der Waals surface area contributed by atoms with E-state index in [-0.39, 0.29) is 19.8 Å². The molecular formula is C22H22N3O4P. The summed E-state index contributed by atoms with van der Waals surface area (Å²) >= 11 is 0. The van der Waals surface area contributed by atoms with Crippen LogP contribution in [0.1, 0.15) is 22.8 Å². The van der Waals surface area contributed by atoms with Crippen molar-refractivity contribution >= 4 is 7.82 Å². The molecule has 0 saturated heterocycles. The van der Waals surface area contributed by atoms with Gasteiger partial charge in [0.25, 0.3) is 0 Å². The van der Waals surface area contributed by atoms with Gasteiger partial charge in [-0.3, -0.25) is 13.6 Å². The highest BCUT2D eigenvalue weighted by atomic mass is 31.2. The van der Waals surface area contributed by atoms with Crippen molar-refractivity contribution < 1.29 is 18.1 Å². The van der Waals surface area contributed by atoms with Crippen LogP contribution in [0.5, 0.6) is 0 Å². The van der Waals surface area contributed by atoms with Crippen LogP contribution in [-0.2, 0) is 31.4 Å². The lowest BCUT2D eigenvalue weighted by Crippen LogP contribution is -2.10. The quantitative estimate of drug-likeness (QED) is 0.150. The van der Waals surface area contributed by atoms with E-state index in [4.69, 9.17) is 19.1 Å². The van der Waals surface area contributed by atoms with E-state index in [9.17, 15) is 4.57 Å². The van der Waals surface area contributed by atoms with Crippen molar-refractivity contribution in [1.82, 2.24) is 0 Å². The van der Waals surface area contributed by atoms with E-state index in [1.54, 1.807) is 12.1 Å². The normalized spacial score (nSPS) is 12.1. The van der Waals surface area contributed by atoms with Crippen molar-refractivity contribution in [3.8, 4) is 0 Å². The van der Waals surface area contributed by atoms with Crippen molar-refractivity contribution in [1.29, 1.82) is 0 Å². The molecule has 1 unspecified atom stereocenters. The number of azide groups is 1. The largest absolute Gasteiger partial charge is 0.476 e. The molecule has 0 aliphatic carbocycles. The lowest BCUT2D eigenvalue weighted by molar-refractivity contribution is 0.0723. The lowest BCUT2D eigenvalue weighted by Gasteiger charge is -2.23. The SMILES string of the molecule is [N-]=[N+]=NCC(OP(=O)(OCc1ccccc1)OCc1ccccc1)c1ccccc1. The Morgan fingerprint density at radius 2 is 1.27 bits per heavy atom. The third-order valence-electron chi connectivity index (χ3n) is 4.20. The Balaban J connectivity index is 1.80. The predicted molar refractivity (Wildman–Crippen MR) is 114 cm³/mol. The first-order chi connectivity index (χ1) is 14.7. The second kappa shape index (κ2) is 11.3. The maximum Gasteiger partial charge on any atom is 0.476 e. The smallest absolute Gasteiger partial charge is 0.282 e. The van der Waals surface area contributed by atoms with Gasteiger partial charge in [-0.2, -0.15) is 0 Å². The van der Waals surface area contributed by atoms with Gasteiger partial charge in [-0.05, 0) is 22.2 Å². The molecule has 0 aliphatic heterocycles. The lowest BCUT2D eigenvalue weighted by atomic mass is 10.1. The molecular weight excluding hydrogens is 401 g/mol. The molecule has 0 bridgehead atoms. The van der Waals surface area contributed by atoms with Crippen LogP contribution in [0.4, 0.5) is 0 Å². The zero-order valence-corrected chi connectivity index (χ0v) is 17.2. The van der Waals surface area contributed by atoms with Crippen LogP contribution in [0.2, 0.25) is 0 Å². The molecule has 0 aromatic heterocycles. The molecule has 0 aliphatic rings. The first kappa shape index (κ1) is 21.8.